The molecule has 1 rings (SSSR count). The van der Waals surface area contributed by atoms with Crippen LogP contribution in [0.4, 0.5) is 5.69 Å². The van der Waals surface area contributed by atoms with Crippen LogP contribution in [0.5, 0.6) is 0 Å². The molecule has 20 heavy (non-hydrogen) atoms. The predicted molar refractivity (Wildman–Crippen MR) is 79.8 cm³/mol. The molecule has 0 saturated heterocycles. The second kappa shape index (κ2) is 8.64. The zero-order chi connectivity index (χ0) is 14.6. The summed E-state index contributed by atoms with van der Waals surface area (Å²) in [6.45, 7) is 2.96. The second-order valence-corrected chi connectivity index (χ2v) is 6.68. The Labute approximate surface area is 164 Å². The van der Waals surface area contributed by atoms with Crippen molar-refractivity contribution in [3.63, 3.8) is 0 Å². The van der Waals surface area contributed by atoms with Crippen LogP contribution in [0.2, 0.25) is 0 Å². The normalized spacial score (nSPS) is 12.2. The van der Waals surface area contributed by atoms with Gasteiger partial charge in [-0.15, -0.1) is 0 Å². The number of hydrogen-bond acceptors (Lipinski definition) is 5. The second-order valence-electron chi connectivity index (χ2n) is 3.74. The van der Waals surface area contributed by atoms with E-state index in [2.05, 4.69) is 5.32 Å². The van der Waals surface area contributed by atoms with Gasteiger partial charge in [0, 0.05) is 12.6 Å². The van der Waals surface area contributed by atoms with E-state index in [4.69, 9.17) is 4.55 Å². The summed E-state index contributed by atoms with van der Waals surface area (Å²) < 4.78 is 30.4. The molecule has 9 heteroatoms. The third-order valence-electron chi connectivity index (χ3n) is 2.13. The molecule has 1 aromatic rings. The molecule has 1 amide bonds. The van der Waals surface area contributed by atoms with Crippen LogP contribution in [-0.2, 0) is 19.7 Å². The van der Waals surface area contributed by atoms with Crippen LogP contribution in [-0.4, -0.2) is 80.6 Å². The molecule has 0 fully saturated rings. The van der Waals surface area contributed by atoms with Crippen molar-refractivity contribution in [2.75, 3.05) is 5.32 Å². The van der Waals surface area contributed by atoms with Gasteiger partial charge >= 0.3 is 51.4 Å². The Morgan fingerprint density at radius 2 is 1.75 bits per heavy atom. The molecule has 0 spiro atoms. The summed E-state index contributed by atoms with van der Waals surface area (Å²) in [4.78, 5) is 22.3. The first kappa shape index (κ1) is 20.3. The Hall–Kier alpha value is 0.256. The molecule has 6 nitrogen and oxygen atoms in total. The number of benzene rings is 1. The summed E-state index contributed by atoms with van der Waals surface area (Å²) in [7, 11) is -4.24. The van der Waals surface area contributed by atoms with Crippen molar-refractivity contribution >= 4 is 90.0 Å². The van der Waals surface area contributed by atoms with E-state index in [1.807, 2.05) is 0 Å². The Morgan fingerprint density at radius 3 is 2.15 bits per heavy atom. The number of anilines is 1. The molecule has 106 valence electrons. The van der Waals surface area contributed by atoms with Crippen molar-refractivity contribution in [1.82, 2.24) is 0 Å². The number of carbonyl (C=O) groups excluding carboxylic acids is 2. The van der Waals surface area contributed by atoms with Crippen molar-refractivity contribution in [2.45, 2.75) is 24.0 Å². The van der Waals surface area contributed by atoms with Crippen LogP contribution < -0.4 is 5.32 Å². The van der Waals surface area contributed by atoms with E-state index < -0.39 is 15.4 Å². The zero-order valence-electron chi connectivity index (χ0n) is 10.3. The Balaban J connectivity index is 0.00000361. The summed E-state index contributed by atoms with van der Waals surface area (Å²) in [6, 6.07) is 5.06. The Bertz CT molecular complexity index is 585. The van der Waals surface area contributed by atoms with Gasteiger partial charge < -0.3 is 5.32 Å². The minimum atomic E-state index is -4.24. The standard InChI is InChI=1S/C11H13NO5S2.K.H/c1-7(18-8(2)13)11(14)12-9-3-5-10(6-4-9)19(15,16)17;;/h3-7H,1-2H3,(H,12,14)(H,15,16,17);;. The minimum absolute atomic E-state index is 0. The third kappa shape index (κ3) is 6.81. The van der Waals surface area contributed by atoms with E-state index in [-0.39, 0.29) is 67.3 Å². The van der Waals surface area contributed by atoms with Crippen molar-refractivity contribution in [3.05, 3.63) is 24.3 Å². The molecular weight excluding hydrogens is 329 g/mol. The quantitative estimate of drug-likeness (QED) is 0.622. The summed E-state index contributed by atoms with van der Waals surface area (Å²) in [5, 5.41) is 1.83. The van der Waals surface area contributed by atoms with Crippen LogP contribution in [0, 0.1) is 0 Å². The summed E-state index contributed by atoms with van der Waals surface area (Å²) >= 11 is 0.902. The monoisotopic (exact) mass is 343 g/mol. The first-order valence-corrected chi connectivity index (χ1v) is 7.58. The van der Waals surface area contributed by atoms with Gasteiger partial charge in [-0.3, -0.25) is 14.1 Å². The van der Waals surface area contributed by atoms with Crippen molar-refractivity contribution in [3.8, 4) is 0 Å². The van der Waals surface area contributed by atoms with E-state index >= 15 is 0 Å². The first-order chi connectivity index (χ1) is 8.70. The van der Waals surface area contributed by atoms with Crippen molar-refractivity contribution in [2.24, 2.45) is 0 Å². The fourth-order valence-electron chi connectivity index (χ4n) is 1.26. The average molecular weight is 343 g/mol. The number of amides is 1. The third-order valence-corrected chi connectivity index (χ3v) is 3.90. The van der Waals surface area contributed by atoms with Crippen LogP contribution in [0.1, 0.15) is 13.8 Å². The molecule has 0 bridgehead atoms. The Kier molecular flexibility index (Phi) is 8.75. The van der Waals surface area contributed by atoms with Crippen LogP contribution in [0.3, 0.4) is 0 Å². The number of nitrogens with one attached hydrogen (secondary N) is 1. The van der Waals surface area contributed by atoms with Crippen LogP contribution in [0.25, 0.3) is 0 Å². The summed E-state index contributed by atoms with van der Waals surface area (Å²) in [5.74, 6) is -0.361. The van der Waals surface area contributed by atoms with Gasteiger partial charge in [0.05, 0.1) is 10.1 Å². The van der Waals surface area contributed by atoms with E-state index in [1.54, 1.807) is 6.92 Å². The van der Waals surface area contributed by atoms with E-state index in [9.17, 15) is 18.0 Å². The maximum absolute atomic E-state index is 11.7. The van der Waals surface area contributed by atoms with E-state index in [0.717, 1.165) is 11.8 Å². The molecule has 2 N–H and O–H groups in total. The molecule has 1 aromatic carbocycles. The SMILES string of the molecule is CC(=O)SC(C)C(=O)Nc1ccc(S(=O)(=O)O)cc1.[KH]. The zero-order valence-corrected chi connectivity index (χ0v) is 11.9. The van der Waals surface area contributed by atoms with Crippen LogP contribution in [0.15, 0.2) is 29.2 Å². The van der Waals surface area contributed by atoms with E-state index in [1.165, 1.54) is 31.2 Å². The summed E-state index contributed by atoms with van der Waals surface area (Å²) in [6.07, 6.45) is 0. The fraction of sp³-hybridized carbons (Fsp3) is 0.273. The van der Waals surface area contributed by atoms with Gasteiger partial charge in [-0.1, -0.05) is 11.8 Å². The molecule has 0 heterocycles. The number of hydrogen-bond donors (Lipinski definition) is 2. The van der Waals surface area contributed by atoms with Gasteiger partial charge in [-0.05, 0) is 31.2 Å². The van der Waals surface area contributed by atoms with Crippen LogP contribution >= 0.6 is 11.8 Å². The molecule has 0 aliphatic rings. The molecule has 0 aliphatic heterocycles. The van der Waals surface area contributed by atoms with Crippen molar-refractivity contribution < 1.29 is 22.6 Å². The van der Waals surface area contributed by atoms with Gasteiger partial charge in [0.25, 0.3) is 10.1 Å². The predicted octanol–water partition coefficient (Wildman–Crippen LogP) is 0.891. The molecule has 0 aliphatic carbocycles. The van der Waals surface area contributed by atoms with Gasteiger partial charge in [0.15, 0.2) is 5.12 Å². The van der Waals surface area contributed by atoms with Gasteiger partial charge in [0.1, 0.15) is 0 Å². The topological polar surface area (TPSA) is 101 Å². The van der Waals surface area contributed by atoms with Gasteiger partial charge in [-0.2, -0.15) is 8.42 Å². The van der Waals surface area contributed by atoms with Gasteiger partial charge in [0.2, 0.25) is 5.91 Å². The summed E-state index contributed by atoms with van der Waals surface area (Å²) in [5.41, 5.74) is 0.383. The molecule has 1 atom stereocenters. The molecular formula is C11H14KNO5S2. The number of thioether (sulfide) groups is 1. The number of rotatable bonds is 4. The van der Waals surface area contributed by atoms with E-state index in [0.29, 0.717) is 5.69 Å². The maximum atomic E-state index is 11.7. The molecule has 0 saturated carbocycles. The first-order valence-electron chi connectivity index (χ1n) is 5.26. The van der Waals surface area contributed by atoms with Crippen molar-refractivity contribution in [1.29, 1.82) is 0 Å². The molecule has 1 unspecified atom stereocenters. The number of carbonyl (C=O) groups is 2. The fourth-order valence-corrected chi connectivity index (χ4v) is 2.40. The molecule has 0 radical (unpaired) electrons. The Morgan fingerprint density at radius 1 is 1.25 bits per heavy atom. The average Bonchev–Trinajstić information content (AvgIpc) is 2.27. The molecule has 0 aromatic heterocycles. The van der Waals surface area contributed by atoms with Gasteiger partial charge in [-0.25, -0.2) is 0 Å².